The zero-order valence-corrected chi connectivity index (χ0v) is 17.4. The minimum absolute atomic E-state index is 0.0252. The van der Waals surface area contributed by atoms with E-state index in [9.17, 15) is 19.7 Å². The summed E-state index contributed by atoms with van der Waals surface area (Å²) in [5.74, 6) is -1.02. The average molecular weight is 433 g/mol. The number of hydrogen-bond acceptors (Lipinski definition) is 5. The number of aryl methyl sites for hydroxylation is 1. The van der Waals surface area contributed by atoms with Gasteiger partial charge in [0.05, 0.1) is 10.6 Å². The summed E-state index contributed by atoms with van der Waals surface area (Å²) in [6.45, 7) is 5.72. The molecule has 1 aromatic carbocycles. The maximum absolute atomic E-state index is 12.6. The summed E-state index contributed by atoms with van der Waals surface area (Å²) in [7, 11) is 0. The molecule has 29 heavy (non-hydrogen) atoms. The second kappa shape index (κ2) is 7.76. The molecule has 0 aliphatic carbocycles. The molecule has 2 amide bonds. The number of nitrogens with zero attached hydrogens (tertiary/aromatic N) is 3. The number of nitro groups is 1. The van der Waals surface area contributed by atoms with Crippen molar-refractivity contribution >= 4 is 52.5 Å². The van der Waals surface area contributed by atoms with Gasteiger partial charge < -0.3 is 4.57 Å². The predicted octanol–water partition coefficient (Wildman–Crippen LogP) is 3.30. The van der Waals surface area contributed by atoms with Gasteiger partial charge in [-0.2, -0.15) is 0 Å². The van der Waals surface area contributed by atoms with E-state index in [1.165, 1.54) is 23.1 Å². The number of benzene rings is 1. The Labute approximate surface area is 176 Å². The van der Waals surface area contributed by atoms with Crippen LogP contribution in [0.4, 0.5) is 5.69 Å². The molecule has 0 atom stereocenters. The molecular formula is C19H17ClN4O4S. The number of nitrogens with one attached hydrogen (secondary N) is 1. The van der Waals surface area contributed by atoms with E-state index in [4.69, 9.17) is 23.8 Å². The van der Waals surface area contributed by atoms with Crippen LogP contribution in [0.3, 0.4) is 0 Å². The van der Waals surface area contributed by atoms with Crippen LogP contribution in [-0.2, 0) is 9.59 Å². The summed E-state index contributed by atoms with van der Waals surface area (Å²) in [6, 6.07) is 6.31. The highest BCUT2D eigenvalue weighted by molar-refractivity contribution is 7.80. The predicted molar refractivity (Wildman–Crippen MR) is 113 cm³/mol. The third kappa shape index (κ3) is 3.66. The molecule has 1 aromatic heterocycles. The van der Waals surface area contributed by atoms with Crippen LogP contribution in [-0.4, -0.2) is 37.9 Å². The summed E-state index contributed by atoms with van der Waals surface area (Å²) >= 11 is 10.9. The second-order valence-corrected chi connectivity index (χ2v) is 7.22. The highest BCUT2D eigenvalue weighted by Crippen LogP contribution is 2.30. The van der Waals surface area contributed by atoms with Crippen LogP contribution in [0, 0.1) is 24.0 Å². The van der Waals surface area contributed by atoms with Crippen molar-refractivity contribution in [3.05, 3.63) is 61.9 Å². The molecule has 10 heteroatoms. The number of carbonyl (C=O) groups is 2. The molecule has 0 spiro atoms. The number of amides is 2. The molecule has 2 aromatic rings. The third-order valence-electron chi connectivity index (χ3n) is 4.66. The number of nitro benzene ring substituents is 1. The van der Waals surface area contributed by atoms with Gasteiger partial charge in [-0.05, 0) is 62.8 Å². The Morgan fingerprint density at radius 2 is 1.97 bits per heavy atom. The Morgan fingerprint density at radius 3 is 2.59 bits per heavy atom. The van der Waals surface area contributed by atoms with Gasteiger partial charge in [0.1, 0.15) is 10.6 Å². The van der Waals surface area contributed by atoms with Gasteiger partial charge in [0.25, 0.3) is 17.5 Å². The monoisotopic (exact) mass is 432 g/mol. The number of hydrogen-bond donors (Lipinski definition) is 1. The van der Waals surface area contributed by atoms with E-state index in [1.807, 2.05) is 6.92 Å². The van der Waals surface area contributed by atoms with E-state index < -0.39 is 16.7 Å². The highest BCUT2D eigenvalue weighted by Gasteiger charge is 2.32. The van der Waals surface area contributed by atoms with Gasteiger partial charge in [-0.3, -0.25) is 29.9 Å². The first-order chi connectivity index (χ1) is 13.6. The normalized spacial score (nSPS) is 15.8. The number of carbonyl (C=O) groups excluding carboxylic acids is 2. The lowest BCUT2D eigenvalue weighted by Crippen LogP contribution is -2.53. The standard InChI is InChI=1S/C19H17ClN4O4S/c1-4-22-18(26)14(17(25)21-19(22)29)8-12-7-10(2)23(11(12)3)13-5-6-15(20)16(9-13)24(27)28/h5-9H,4H2,1-3H3,(H,21,25,29). The van der Waals surface area contributed by atoms with Crippen LogP contribution in [0.5, 0.6) is 0 Å². The molecule has 150 valence electrons. The summed E-state index contributed by atoms with van der Waals surface area (Å²) in [4.78, 5) is 36.9. The van der Waals surface area contributed by atoms with Crippen molar-refractivity contribution in [1.29, 1.82) is 0 Å². The Kier molecular flexibility index (Phi) is 5.54. The van der Waals surface area contributed by atoms with Gasteiger partial charge in [0.15, 0.2) is 5.11 Å². The fourth-order valence-corrected chi connectivity index (χ4v) is 3.74. The van der Waals surface area contributed by atoms with E-state index in [1.54, 1.807) is 30.5 Å². The first-order valence-electron chi connectivity index (χ1n) is 8.67. The van der Waals surface area contributed by atoms with Crippen molar-refractivity contribution in [2.75, 3.05) is 6.54 Å². The molecule has 0 radical (unpaired) electrons. The maximum atomic E-state index is 12.6. The molecule has 1 fully saturated rings. The topological polar surface area (TPSA) is 97.5 Å². The van der Waals surface area contributed by atoms with Gasteiger partial charge in [-0.15, -0.1) is 0 Å². The Bertz CT molecular complexity index is 1110. The Balaban J connectivity index is 2.09. The van der Waals surface area contributed by atoms with E-state index in [0.29, 0.717) is 23.5 Å². The first-order valence-corrected chi connectivity index (χ1v) is 9.46. The zero-order chi connectivity index (χ0) is 21.5. The number of halogens is 1. The molecule has 0 saturated carbocycles. The number of aromatic nitrogens is 1. The van der Waals surface area contributed by atoms with Gasteiger partial charge in [0.2, 0.25) is 0 Å². The highest BCUT2D eigenvalue weighted by atomic mass is 35.5. The largest absolute Gasteiger partial charge is 0.318 e. The lowest BCUT2D eigenvalue weighted by atomic mass is 10.1. The van der Waals surface area contributed by atoms with E-state index in [-0.39, 0.29) is 21.4 Å². The van der Waals surface area contributed by atoms with Gasteiger partial charge in [0, 0.05) is 24.0 Å². The van der Waals surface area contributed by atoms with Crippen LogP contribution in [0.2, 0.25) is 5.02 Å². The molecular weight excluding hydrogens is 416 g/mol. The lowest BCUT2D eigenvalue weighted by molar-refractivity contribution is -0.384. The van der Waals surface area contributed by atoms with Crippen LogP contribution >= 0.6 is 23.8 Å². The summed E-state index contributed by atoms with van der Waals surface area (Å²) in [5, 5.41) is 13.8. The minimum Gasteiger partial charge on any atom is -0.318 e. The number of likely N-dealkylation sites (N-methyl/N-ethyl adjacent to an activating group) is 1. The number of thiocarbonyl (C=S) groups is 1. The van der Waals surface area contributed by atoms with Crippen molar-refractivity contribution in [1.82, 2.24) is 14.8 Å². The summed E-state index contributed by atoms with van der Waals surface area (Å²) in [6.07, 6.45) is 1.51. The van der Waals surface area contributed by atoms with Crippen molar-refractivity contribution in [2.45, 2.75) is 20.8 Å². The van der Waals surface area contributed by atoms with Gasteiger partial charge >= 0.3 is 0 Å². The average Bonchev–Trinajstić information content (AvgIpc) is 2.92. The van der Waals surface area contributed by atoms with E-state index in [2.05, 4.69) is 5.32 Å². The zero-order valence-electron chi connectivity index (χ0n) is 15.9. The van der Waals surface area contributed by atoms with Crippen LogP contribution in [0.15, 0.2) is 29.8 Å². The fourth-order valence-electron chi connectivity index (χ4n) is 3.25. The smallest absolute Gasteiger partial charge is 0.289 e. The molecule has 1 saturated heterocycles. The van der Waals surface area contributed by atoms with Crippen LogP contribution in [0.25, 0.3) is 11.8 Å². The quantitative estimate of drug-likeness (QED) is 0.263. The molecule has 1 aliphatic rings. The Morgan fingerprint density at radius 1 is 1.28 bits per heavy atom. The van der Waals surface area contributed by atoms with Crippen molar-refractivity contribution in [3.63, 3.8) is 0 Å². The number of rotatable bonds is 4. The fraction of sp³-hybridized carbons (Fsp3) is 0.211. The SMILES string of the molecule is CCN1C(=O)C(=Cc2cc(C)n(-c3ccc(Cl)c([N+](=O)[O-])c3)c2C)C(=O)NC1=S. The maximum Gasteiger partial charge on any atom is 0.289 e. The van der Waals surface area contributed by atoms with E-state index in [0.717, 1.165) is 5.69 Å². The summed E-state index contributed by atoms with van der Waals surface area (Å²) in [5.41, 5.74) is 2.45. The lowest BCUT2D eigenvalue weighted by Gasteiger charge is -2.27. The molecule has 1 N–H and O–H groups in total. The Hall–Kier alpha value is -3.04. The molecule has 8 nitrogen and oxygen atoms in total. The molecule has 0 bridgehead atoms. The second-order valence-electron chi connectivity index (χ2n) is 6.42. The van der Waals surface area contributed by atoms with Crippen LogP contribution < -0.4 is 5.32 Å². The molecule has 2 heterocycles. The first kappa shape index (κ1) is 20.7. The van der Waals surface area contributed by atoms with E-state index >= 15 is 0 Å². The van der Waals surface area contributed by atoms with Gasteiger partial charge in [-0.1, -0.05) is 11.6 Å². The molecule has 3 rings (SSSR count). The van der Waals surface area contributed by atoms with Crippen molar-refractivity contribution in [2.24, 2.45) is 0 Å². The molecule has 0 unspecified atom stereocenters. The summed E-state index contributed by atoms with van der Waals surface area (Å²) < 4.78 is 1.79. The molecule has 1 aliphatic heterocycles. The third-order valence-corrected chi connectivity index (χ3v) is 5.30. The van der Waals surface area contributed by atoms with Crippen molar-refractivity contribution < 1.29 is 14.5 Å². The van der Waals surface area contributed by atoms with Crippen molar-refractivity contribution in [3.8, 4) is 5.69 Å². The van der Waals surface area contributed by atoms with Gasteiger partial charge in [-0.25, -0.2) is 0 Å². The van der Waals surface area contributed by atoms with Crippen LogP contribution in [0.1, 0.15) is 23.9 Å². The minimum atomic E-state index is -0.559.